The van der Waals surface area contributed by atoms with Crippen molar-refractivity contribution < 1.29 is 25.5 Å². The number of anilines is 1. The maximum absolute atomic E-state index is 12.8. The molecule has 1 aromatic rings. The summed E-state index contributed by atoms with van der Waals surface area (Å²) in [6.45, 7) is 0. The highest BCUT2D eigenvalue weighted by molar-refractivity contribution is 7.86. The highest BCUT2D eigenvalue weighted by atomic mass is 32.3. The normalized spacial score (nSPS) is 11.7. The minimum Gasteiger partial charge on any atom is -0.396 e. The van der Waals surface area contributed by atoms with Gasteiger partial charge in [0.05, 0.1) is 5.69 Å². The smallest absolute Gasteiger partial charge is 0.338 e. The zero-order chi connectivity index (χ0) is 11.1. The first-order valence-corrected chi connectivity index (χ1v) is 4.51. The standard InChI is InChI=1S/C6H3F4NO2S/c7-2-1-3(11)5(9)6(4(2)8)14(10,12)13/h1H,11H2. The van der Waals surface area contributed by atoms with Crippen LogP contribution < -0.4 is 5.73 Å². The van der Waals surface area contributed by atoms with Crippen LogP contribution in [0.25, 0.3) is 0 Å². The monoisotopic (exact) mass is 229 g/mol. The molecule has 8 heteroatoms. The number of halogens is 4. The number of hydrogen-bond donors (Lipinski definition) is 1. The van der Waals surface area contributed by atoms with Crippen LogP contribution >= 0.6 is 0 Å². The minimum atomic E-state index is -5.68. The van der Waals surface area contributed by atoms with E-state index in [1.807, 2.05) is 0 Å². The largest absolute Gasteiger partial charge is 0.396 e. The van der Waals surface area contributed by atoms with Gasteiger partial charge in [-0.05, 0) is 0 Å². The van der Waals surface area contributed by atoms with Gasteiger partial charge in [-0.25, -0.2) is 13.2 Å². The number of nitrogens with two attached hydrogens (primary N) is 1. The Balaban J connectivity index is 3.74. The Hall–Kier alpha value is -1.31. The molecule has 78 valence electrons. The van der Waals surface area contributed by atoms with E-state index in [9.17, 15) is 25.5 Å². The first kappa shape index (κ1) is 10.8. The number of nitrogen functional groups attached to an aromatic ring is 1. The Labute approximate surface area is 76.4 Å². The molecule has 0 radical (unpaired) electrons. The Morgan fingerprint density at radius 2 is 1.64 bits per heavy atom. The van der Waals surface area contributed by atoms with Gasteiger partial charge in [-0.1, -0.05) is 0 Å². The molecule has 0 aliphatic heterocycles. The lowest BCUT2D eigenvalue weighted by atomic mass is 10.3. The zero-order valence-electron chi connectivity index (χ0n) is 6.39. The quantitative estimate of drug-likeness (QED) is 0.342. The molecule has 0 amide bonds. The van der Waals surface area contributed by atoms with Crippen LogP contribution in [0.1, 0.15) is 0 Å². The van der Waals surface area contributed by atoms with Crippen LogP contribution in [0.5, 0.6) is 0 Å². The van der Waals surface area contributed by atoms with Crippen molar-refractivity contribution >= 4 is 15.9 Å². The van der Waals surface area contributed by atoms with E-state index in [2.05, 4.69) is 0 Å². The minimum absolute atomic E-state index is 0.222. The van der Waals surface area contributed by atoms with Gasteiger partial charge in [0.2, 0.25) is 0 Å². The van der Waals surface area contributed by atoms with Crippen molar-refractivity contribution in [2.45, 2.75) is 4.90 Å². The molecule has 3 nitrogen and oxygen atoms in total. The molecule has 2 N–H and O–H groups in total. The first-order valence-electron chi connectivity index (χ1n) is 3.12. The van der Waals surface area contributed by atoms with Crippen LogP contribution in [0.15, 0.2) is 11.0 Å². The summed E-state index contributed by atoms with van der Waals surface area (Å²) in [6, 6.07) is 0.222. The van der Waals surface area contributed by atoms with E-state index in [1.54, 1.807) is 0 Å². The average molecular weight is 229 g/mol. The molecule has 0 heterocycles. The molecule has 0 aliphatic carbocycles. The maximum atomic E-state index is 12.8. The van der Waals surface area contributed by atoms with Gasteiger partial charge in [-0.15, -0.1) is 3.89 Å². The van der Waals surface area contributed by atoms with Crippen LogP contribution in [-0.2, 0) is 10.2 Å². The Kier molecular flexibility index (Phi) is 2.40. The van der Waals surface area contributed by atoms with Gasteiger partial charge in [-0.3, -0.25) is 0 Å². The van der Waals surface area contributed by atoms with Crippen LogP contribution in [0, 0.1) is 17.5 Å². The molecule has 0 fully saturated rings. The molecule has 0 aliphatic rings. The molecule has 0 atom stereocenters. The Morgan fingerprint density at radius 3 is 2.07 bits per heavy atom. The van der Waals surface area contributed by atoms with E-state index < -0.39 is 38.3 Å². The summed E-state index contributed by atoms with van der Waals surface area (Å²) in [5, 5.41) is 0. The third-order valence-electron chi connectivity index (χ3n) is 1.39. The molecule has 1 rings (SSSR count). The summed E-state index contributed by atoms with van der Waals surface area (Å²) in [5.74, 6) is -5.70. The van der Waals surface area contributed by atoms with E-state index in [1.165, 1.54) is 0 Å². The second-order valence-electron chi connectivity index (χ2n) is 2.34. The van der Waals surface area contributed by atoms with Gasteiger partial charge in [-0.2, -0.15) is 8.42 Å². The summed E-state index contributed by atoms with van der Waals surface area (Å²) in [6.07, 6.45) is 0. The topological polar surface area (TPSA) is 60.2 Å². The highest BCUT2D eigenvalue weighted by Gasteiger charge is 2.28. The molecular formula is C6H3F4NO2S. The van der Waals surface area contributed by atoms with E-state index in [4.69, 9.17) is 5.73 Å². The third kappa shape index (κ3) is 1.65. The fourth-order valence-corrected chi connectivity index (χ4v) is 1.46. The predicted molar refractivity (Wildman–Crippen MR) is 39.0 cm³/mol. The van der Waals surface area contributed by atoms with Gasteiger partial charge < -0.3 is 5.73 Å². The fraction of sp³-hybridized carbons (Fsp3) is 0. The molecule has 0 saturated carbocycles. The highest BCUT2D eigenvalue weighted by Crippen LogP contribution is 2.26. The van der Waals surface area contributed by atoms with Gasteiger partial charge in [0.15, 0.2) is 22.3 Å². The van der Waals surface area contributed by atoms with Crippen molar-refractivity contribution in [3.8, 4) is 0 Å². The van der Waals surface area contributed by atoms with Crippen molar-refractivity contribution in [2.75, 3.05) is 5.73 Å². The number of rotatable bonds is 1. The molecule has 0 aromatic heterocycles. The van der Waals surface area contributed by atoms with Gasteiger partial charge in [0, 0.05) is 6.07 Å². The second-order valence-corrected chi connectivity index (χ2v) is 3.63. The van der Waals surface area contributed by atoms with E-state index in [0.29, 0.717) is 0 Å². The number of benzene rings is 1. The summed E-state index contributed by atoms with van der Waals surface area (Å²) in [4.78, 5) is -2.00. The van der Waals surface area contributed by atoms with E-state index >= 15 is 0 Å². The lowest BCUT2D eigenvalue weighted by Crippen LogP contribution is -2.06. The van der Waals surface area contributed by atoms with Crippen LogP contribution in [-0.4, -0.2) is 8.42 Å². The molecule has 14 heavy (non-hydrogen) atoms. The van der Waals surface area contributed by atoms with E-state index in [0.717, 1.165) is 0 Å². The van der Waals surface area contributed by atoms with Crippen LogP contribution in [0.2, 0.25) is 0 Å². The number of hydrogen-bond acceptors (Lipinski definition) is 3. The van der Waals surface area contributed by atoms with Crippen molar-refractivity contribution in [2.24, 2.45) is 0 Å². The van der Waals surface area contributed by atoms with Crippen molar-refractivity contribution in [3.05, 3.63) is 23.5 Å². The lowest BCUT2D eigenvalue weighted by molar-refractivity contribution is 0.453. The summed E-state index contributed by atoms with van der Waals surface area (Å²) < 4.78 is 70.6. The van der Waals surface area contributed by atoms with Crippen LogP contribution in [0.4, 0.5) is 22.7 Å². The Morgan fingerprint density at radius 1 is 1.14 bits per heavy atom. The summed E-state index contributed by atoms with van der Waals surface area (Å²) in [5.41, 5.74) is 3.79. The lowest BCUT2D eigenvalue weighted by Gasteiger charge is -2.03. The predicted octanol–water partition coefficient (Wildman–Crippen LogP) is 1.34. The van der Waals surface area contributed by atoms with Crippen LogP contribution in [0.3, 0.4) is 0 Å². The average Bonchev–Trinajstić information content (AvgIpc) is 1.98. The molecule has 1 aromatic carbocycles. The third-order valence-corrected chi connectivity index (χ3v) is 2.23. The zero-order valence-corrected chi connectivity index (χ0v) is 7.21. The fourth-order valence-electron chi connectivity index (χ4n) is 0.813. The SMILES string of the molecule is Nc1cc(F)c(F)c(S(=O)(=O)F)c1F. The first-order chi connectivity index (χ1) is 6.25. The summed E-state index contributed by atoms with van der Waals surface area (Å²) in [7, 11) is -5.68. The Bertz CT molecular complexity index is 459. The summed E-state index contributed by atoms with van der Waals surface area (Å²) >= 11 is 0. The van der Waals surface area contributed by atoms with E-state index in [-0.39, 0.29) is 6.07 Å². The molecule has 0 unspecified atom stereocenters. The van der Waals surface area contributed by atoms with Gasteiger partial charge in [0.25, 0.3) is 0 Å². The van der Waals surface area contributed by atoms with Gasteiger partial charge >= 0.3 is 10.2 Å². The molecule has 0 saturated heterocycles. The molecular weight excluding hydrogens is 226 g/mol. The second kappa shape index (κ2) is 3.12. The molecule has 0 spiro atoms. The van der Waals surface area contributed by atoms with Crippen molar-refractivity contribution in [1.82, 2.24) is 0 Å². The molecule has 0 bridgehead atoms. The van der Waals surface area contributed by atoms with Crippen molar-refractivity contribution in [3.63, 3.8) is 0 Å². The van der Waals surface area contributed by atoms with Crippen molar-refractivity contribution in [1.29, 1.82) is 0 Å². The van der Waals surface area contributed by atoms with Gasteiger partial charge in [0.1, 0.15) is 0 Å². The maximum Gasteiger partial charge on any atom is 0.338 e.